The molecule has 1 atom stereocenters. The molecule has 1 fully saturated rings. The molecule has 1 aliphatic heterocycles. The molecule has 1 aromatic carbocycles. The van der Waals surface area contributed by atoms with Gasteiger partial charge in [-0.1, -0.05) is 23.7 Å². The minimum atomic E-state index is -0.592. The van der Waals surface area contributed by atoms with Crippen molar-refractivity contribution in [1.29, 1.82) is 0 Å². The number of halogens is 1. The SMILES string of the molecule is CCOC(=O)C1CCN(CC(O)COc2ccccc2Cl)CC1. The van der Waals surface area contributed by atoms with Crippen LogP contribution in [0.15, 0.2) is 24.3 Å². The predicted molar refractivity (Wildman–Crippen MR) is 88.8 cm³/mol. The lowest BCUT2D eigenvalue weighted by atomic mass is 9.97. The highest BCUT2D eigenvalue weighted by Gasteiger charge is 2.26. The molecule has 6 heteroatoms. The third kappa shape index (κ3) is 5.68. The Morgan fingerprint density at radius 2 is 2.09 bits per heavy atom. The monoisotopic (exact) mass is 341 g/mol. The van der Waals surface area contributed by atoms with E-state index in [0.29, 0.717) is 23.9 Å². The highest BCUT2D eigenvalue weighted by Crippen LogP contribution is 2.23. The third-order valence-corrected chi connectivity index (χ3v) is 4.26. The van der Waals surface area contributed by atoms with Crippen molar-refractivity contribution in [2.24, 2.45) is 5.92 Å². The van der Waals surface area contributed by atoms with E-state index in [1.54, 1.807) is 12.1 Å². The van der Waals surface area contributed by atoms with E-state index in [4.69, 9.17) is 21.1 Å². The zero-order valence-corrected chi connectivity index (χ0v) is 14.2. The molecule has 23 heavy (non-hydrogen) atoms. The largest absolute Gasteiger partial charge is 0.489 e. The van der Waals surface area contributed by atoms with Crippen molar-refractivity contribution in [3.63, 3.8) is 0 Å². The van der Waals surface area contributed by atoms with Crippen molar-refractivity contribution in [1.82, 2.24) is 4.90 Å². The van der Waals surface area contributed by atoms with Gasteiger partial charge < -0.3 is 19.5 Å². The minimum Gasteiger partial charge on any atom is -0.489 e. The summed E-state index contributed by atoms with van der Waals surface area (Å²) in [6.45, 7) is 4.54. The van der Waals surface area contributed by atoms with Gasteiger partial charge in [-0.25, -0.2) is 0 Å². The maximum Gasteiger partial charge on any atom is 0.309 e. The second kappa shape index (κ2) is 9.11. The fraction of sp³-hybridized carbons (Fsp3) is 0.588. The highest BCUT2D eigenvalue weighted by atomic mass is 35.5. The molecule has 0 radical (unpaired) electrons. The van der Waals surface area contributed by atoms with E-state index in [1.807, 2.05) is 19.1 Å². The second-order valence-corrected chi connectivity index (χ2v) is 6.13. The molecule has 2 rings (SSSR count). The summed E-state index contributed by atoms with van der Waals surface area (Å²) in [4.78, 5) is 13.8. The van der Waals surface area contributed by atoms with Gasteiger partial charge in [0.05, 0.1) is 17.5 Å². The van der Waals surface area contributed by atoms with Gasteiger partial charge in [-0.05, 0) is 45.0 Å². The molecular weight excluding hydrogens is 318 g/mol. The number of aliphatic hydroxyl groups is 1. The molecule has 0 aromatic heterocycles. The van der Waals surface area contributed by atoms with Gasteiger partial charge in [0.2, 0.25) is 0 Å². The van der Waals surface area contributed by atoms with Crippen molar-refractivity contribution in [3.05, 3.63) is 29.3 Å². The van der Waals surface area contributed by atoms with Crippen LogP contribution >= 0.6 is 11.6 Å². The zero-order valence-electron chi connectivity index (χ0n) is 13.4. The molecule has 0 saturated carbocycles. The quantitative estimate of drug-likeness (QED) is 0.771. The van der Waals surface area contributed by atoms with E-state index in [0.717, 1.165) is 25.9 Å². The maximum atomic E-state index is 11.7. The van der Waals surface area contributed by atoms with Gasteiger partial charge in [0.15, 0.2) is 0 Å². The number of para-hydroxylation sites is 1. The van der Waals surface area contributed by atoms with E-state index in [2.05, 4.69) is 4.90 Å². The van der Waals surface area contributed by atoms with Crippen LogP contribution in [0.1, 0.15) is 19.8 Å². The van der Waals surface area contributed by atoms with Crippen molar-refractivity contribution >= 4 is 17.6 Å². The summed E-state index contributed by atoms with van der Waals surface area (Å²) in [6.07, 6.45) is 0.957. The molecule has 0 bridgehead atoms. The van der Waals surface area contributed by atoms with Crippen LogP contribution in [0.3, 0.4) is 0 Å². The van der Waals surface area contributed by atoms with Crippen molar-refractivity contribution < 1.29 is 19.4 Å². The smallest absolute Gasteiger partial charge is 0.309 e. The first-order valence-electron chi connectivity index (χ1n) is 8.04. The summed E-state index contributed by atoms with van der Waals surface area (Å²) >= 11 is 6.01. The Morgan fingerprint density at radius 1 is 1.39 bits per heavy atom. The van der Waals surface area contributed by atoms with Crippen molar-refractivity contribution in [3.8, 4) is 5.75 Å². The number of benzene rings is 1. The molecule has 1 N–H and O–H groups in total. The molecule has 1 unspecified atom stereocenters. The fourth-order valence-corrected chi connectivity index (χ4v) is 2.90. The standard InChI is InChI=1S/C17H24ClNO4/c1-2-22-17(21)13-7-9-19(10-8-13)11-14(20)12-23-16-6-4-3-5-15(16)18/h3-6,13-14,20H,2,7-12H2,1H3. The summed E-state index contributed by atoms with van der Waals surface area (Å²) in [6, 6.07) is 7.20. The van der Waals surface area contributed by atoms with Crippen LogP contribution in [0.4, 0.5) is 0 Å². The van der Waals surface area contributed by atoms with E-state index in [-0.39, 0.29) is 18.5 Å². The van der Waals surface area contributed by atoms with Crippen molar-refractivity contribution in [2.75, 3.05) is 32.8 Å². The van der Waals surface area contributed by atoms with Crippen LogP contribution < -0.4 is 4.74 Å². The number of rotatable bonds is 7. The molecule has 1 aliphatic rings. The lowest BCUT2D eigenvalue weighted by Gasteiger charge is -2.32. The Hall–Kier alpha value is -1.30. The summed E-state index contributed by atoms with van der Waals surface area (Å²) in [5, 5.41) is 10.6. The Bertz CT molecular complexity index is 503. The Morgan fingerprint density at radius 3 is 2.74 bits per heavy atom. The number of nitrogens with zero attached hydrogens (tertiary/aromatic N) is 1. The highest BCUT2D eigenvalue weighted by molar-refractivity contribution is 6.32. The first kappa shape index (κ1) is 18.0. The van der Waals surface area contributed by atoms with Crippen molar-refractivity contribution in [2.45, 2.75) is 25.9 Å². The molecule has 0 spiro atoms. The average molecular weight is 342 g/mol. The second-order valence-electron chi connectivity index (χ2n) is 5.72. The Balaban J connectivity index is 1.69. The molecule has 1 heterocycles. The summed E-state index contributed by atoms with van der Waals surface area (Å²) in [7, 11) is 0. The van der Waals surface area contributed by atoms with Gasteiger partial charge in [-0.3, -0.25) is 4.79 Å². The fourth-order valence-electron chi connectivity index (χ4n) is 2.71. The molecule has 0 aliphatic carbocycles. The first-order chi connectivity index (χ1) is 11.1. The van der Waals surface area contributed by atoms with Gasteiger partial charge in [-0.2, -0.15) is 0 Å². The Kier molecular flexibility index (Phi) is 7.15. The lowest BCUT2D eigenvalue weighted by Crippen LogP contribution is -2.42. The molecule has 128 valence electrons. The lowest BCUT2D eigenvalue weighted by molar-refractivity contribution is -0.149. The number of ether oxygens (including phenoxy) is 2. The number of hydrogen-bond donors (Lipinski definition) is 1. The number of likely N-dealkylation sites (tertiary alicyclic amines) is 1. The van der Waals surface area contributed by atoms with Gasteiger partial charge >= 0.3 is 5.97 Å². The Labute approximate surface area is 142 Å². The number of carbonyl (C=O) groups is 1. The number of hydrogen-bond acceptors (Lipinski definition) is 5. The normalized spacial score (nSPS) is 17.7. The number of β-amino-alcohol motifs (C(OH)–C–C–N with tert-alkyl or cyclic N) is 1. The van der Waals surface area contributed by atoms with E-state index >= 15 is 0 Å². The van der Waals surface area contributed by atoms with Crippen LogP contribution in [0.5, 0.6) is 5.75 Å². The van der Waals surface area contributed by atoms with Crippen LogP contribution in [-0.2, 0) is 9.53 Å². The number of aliphatic hydroxyl groups excluding tert-OH is 1. The van der Waals surface area contributed by atoms with Crippen LogP contribution in [-0.4, -0.2) is 54.9 Å². The summed E-state index contributed by atoms with van der Waals surface area (Å²) in [5.41, 5.74) is 0. The van der Waals surface area contributed by atoms with E-state index in [9.17, 15) is 9.90 Å². The number of piperidine rings is 1. The summed E-state index contributed by atoms with van der Waals surface area (Å²) < 4.78 is 10.6. The van der Waals surface area contributed by atoms with Gasteiger partial charge in [-0.15, -0.1) is 0 Å². The zero-order chi connectivity index (χ0) is 16.7. The number of carbonyl (C=O) groups excluding carboxylic acids is 1. The van der Waals surface area contributed by atoms with E-state index < -0.39 is 6.10 Å². The molecule has 1 saturated heterocycles. The summed E-state index contributed by atoms with van der Waals surface area (Å²) in [5.74, 6) is 0.465. The van der Waals surface area contributed by atoms with Gasteiger partial charge in [0.25, 0.3) is 0 Å². The average Bonchev–Trinajstić information content (AvgIpc) is 2.55. The van der Waals surface area contributed by atoms with Crippen LogP contribution in [0.2, 0.25) is 5.02 Å². The van der Waals surface area contributed by atoms with E-state index in [1.165, 1.54) is 0 Å². The van der Waals surface area contributed by atoms with Crippen LogP contribution in [0.25, 0.3) is 0 Å². The minimum absolute atomic E-state index is 0.0114. The maximum absolute atomic E-state index is 11.7. The van der Waals surface area contributed by atoms with Gasteiger partial charge in [0, 0.05) is 6.54 Å². The van der Waals surface area contributed by atoms with Gasteiger partial charge in [0.1, 0.15) is 18.5 Å². The topological polar surface area (TPSA) is 59.0 Å². The molecular formula is C17H24ClNO4. The third-order valence-electron chi connectivity index (χ3n) is 3.94. The first-order valence-corrected chi connectivity index (χ1v) is 8.42. The molecule has 1 aromatic rings. The predicted octanol–water partition coefficient (Wildman–Crippen LogP) is 2.35. The number of esters is 1. The molecule has 5 nitrogen and oxygen atoms in total. The van der Waals surface area contributed by atoms with Crippen LogP contribution in [0, 0.1) is 5.92 Å². The molecule has 0 amide bonds.